The molecule has 1 heterocycles. The number of rotatable bonds is 2. The Balaban J connectivity index is 1.59. The Hall–Kier alpha value is -4.17. The summed E-state index contributed by atoms with van der Waals surface area (Å²) >= 11 is 0. The summed E-state index contributed by atoms with van der Waals surface area (Å²) in [7, 11) is 0. The third-order valence-corrected chi connectivity index (χ3v) is 6.36. The third kappa shape index (κ3) is 2.25. The highest BCUT2D eigenvalue weighted by Gasteiger charge is 2.24. The topological polar surface area (TPSA) is 17.8 Å². The van der Waals surface area contributed by atoms with Crippen molar-refractivity contribution in [2.45, 2.75) is 0 Å². The van der Waals surface area contributed by atoms with Crippen molar-refractivity contribution in [3.63, 3.8) is 0 Å². The summed E-state index contributed by atoms with van der Waals surface area (Å²) in [6.07, 6.45) is 0. The molecule has 0 radical (unpaired) electrons. The summed E-state index contributed by atoms with van der Waals surface area (Å²) in [6.45, 7) is 0. The molecule has 0 spiro atoms. The van der Waals surface area contributed by atoms with E-state index >= 15 is 0 Å². The molecule has 0 aliphatic heterocycles. The molecule has 1 aromatic heterocycles. The van der Waals surface area contributed by atoms with Crippen molar-refractivity contribution in [3.8, 4) is 39.3 Å². The smallest absolute Gasteiger partial charge is 0.146 e. The van der Waals surface area contributed by atoms with Crippen LogP contribution in [0.25, 0.3) is 61.1 Å². The van der Waals surface area contributed by atoms with E-state index in [0.29, 0.717) is 0 Å². The SMILES string of the molecule is c1ccc(-n2c(-c3ccc4c5c(cccc35)-c3ccccc3-4)nc3ccccc32)cc1. The van der Waals surface area contributed by atoms with Crippen molar-refractivity contribution in [3.05, 3.63) is 109 Å². The van der Waals surface area contributed by atoms with Crippen LogP contribution in [-0.2, 0) is 0 Å². The van der Waals surface area contributed by atoms with Gasteiger partial charge in [0.2, 0.25) is 0 Å². The van der Waals surface area contributed by atoms with Gasteiger partial charge in [-0.15, -0.1) is 0 Å². The van der Waals surface area contributed by atoms with Crippen molar-refractivity contribution in [1.29, 1.82) is 0 Å². The van der Waals surface area contributed by atoms with Crippen LogP contribution in [-0.4, -0.2) is 9.55 Å². The lowest BCUT2D eigenvalue weighted by molar-refractivity contribution is 1.11. The minimum Gasteiger partial charge on any atom is -0.292 e. The van der Waals surface area contributed by atoms with E-state index in [2.05, 4.69) is 114 Å². The fourth-order valence-corrected chi connectivity index (χ4v) is 5.05. The van der Waals surface area contributed by atoms with Gasteiger partial charge in [-0.1, -0.05) is 78.9 Å². The van der Waals surface area contributed by atoms with Gasteiger partial charge in [0.05, 0.1) is 11.0 Å². The van der Waals surface area contributed by atoms with Gasteiger partial charge in [0.1, 0.15) is 5.82 Å². The van der Waals surface area contributed by atoms with Crippen LogP contribution in [0, 0.1) is 0 Å². The molecule has 2 nitrogen and oxygen atoms in total. The van der Waals surface area contributed by atoms with Crippen molar-refractivity contribution >= 4 is 21.8 Å². The zero-order chi connectivity index (χ0) is 20.4. The number of aromatic nitrogens is 2. The second-order valence-electron chi connectivity index (χ2n) is 8.03. The van der Waals surface area contributed by atoms with Crippen LogP contribution in [0.3, 0.4) is 0 Å². The average molecular weight is 394 g/mol. The van der Waals surface area contributed by atoms with Gasteiger partial charge in [0.25, 0.3) is 0 Å². The summed E-state index contributed by atoms with van der Waals surface area (Å²) in [5, 5.41) is 2.58. The van der Waals surface area contributed by atoms with E-state index in [1.807, 2.05) is 0 Å². The van der Waals surface area contributed by atoms with Gasteiger partial charge >= 0.3 is 0 Å². The fraction of sp³-hybridized carbons (Fsp3) is 0. The molecule has 5 aromatic carbocycles. The van der Waals surface area contributed by atoms with E-state index in [0.717, 1.165) is 28.1 Å². The predicted octanol–water partition coefficient (Wildman–Crippen LogP) is 7.49. The summed E-state index contributed by atoms with van der Waals surface area (Å²) in [4.78, 5) is 5.10. The molecule has 7 rings (SSSR count). The maximum Gasteiger partial charge on any atom is 0.146 e. The first-order valence-electron chi connectivity index (χ1n) is 10.6. The number of nitrogens with zero attached hydrogens (tertiary/aromatic N) is 2. The van der Waals surface area contributed by atoms with Gasteiger partial charge in [-0.25, -0.2) is 4.98 Å². The maximum absolute atomic E-state index is 5.10. The number of benzene rings is 5. The molecule has 0 atom stereocenters. The monoisotopic (exact) mass is 394 g/mol. The zero-order valence-electron chi connectivity index (χ0n) is 16.8. The van der Waals surface area contributed by atoms with Gasteiger partial charge in [-0.3, -0.25) is 4.57 Å². The lowest BCUT2D eigenvalue weighted by Crippen LogP contribution is -1.98. The molecule has 0 N–H and O–H groups in total. The van der Waals surface area contributed by atoms with Gasteiger partial charge in [0, 0.05) is 11.3 Å². The minimum absolute atomic E-state index is 0.979. The van der Waals surface area contributed by atoms with Crippen molar-refractivity contribution in [2.24, 2.45) is 0 Å². The molecule has 31 heavy (non-hydrogen) atoms. The zero-order valence-corrected chi connectivity index (χ0v) is 16.8. The largest absolute Gasteiger partial charge is 0.292 e. The number of para-hydroxylation sites is 3. The van der Waals surface area contributed by atoms with Gasteiger partial charge in [-0.05, 0) is 63.4 Å². The van der Waals surface area contributed by atoms with E-state index in [4.69, 9.17) is 4.98 Å². The normalized spacial score (nSPS) is 11.9. The molecule has 0 saturated heterocycles. The Morgan fingerprint density at radius 3 is 1.97 bits per heavy atom. The van der Waals surface area contributed by atoms with Crippen LogP contribution in [0.5, 0.6) is 0 Å². The summed E-state index contributed by atoms with van der Waals surface area (Å²) in [5.41, 5.74) is 9.67. The number of fused-ring (bicyclic) bond motifs is 4. The molecule has 1 aliphatic rings. The van der Waals surface area contributed by atoms with E-state index < -0.39 is 0 Å². The Labute approximate surface area is 180 Å². The molecule has 2 heteroatoms. The average Bonchev–Trinajstić information content (AvgIpc) is 3.38. The van der Waals surface area contributed by atoms with E-state index in [1.165, 1.54) is 33.0 Å². The van der Waals surface area contributed by atoms with Crippen LogP contribution in [0.4, 0.5) is 0 Å². The summed E-state index contributed by atoms with van der Waals surface area (Å²) in [5.74, 6) is 0.979. The second-order valence-corrected chi connectivity index (χ2v) is 8.03. The molecule has 0 unspecified atom stereocenters. The van der Waals surface area contributed by atoms with Gasteiger partial charge in [-0.2, -0.15) is 0 Å². The van der Waals surface area contributed by atoms with Gasteiger partial charge in [0.15, 0.2) is 0 Å². The summed E-state index contributed by atoms with van der Waals surface area (Å²) < 4.78 is 2.28. The first-order valence-corrected chi connectivity index (χ1v) is 10.6. The van der Waals surface area contributed by atoms with Crippen molar-refractivity contribution < 1.29 is 0 Å². The van der Waals surface area contributed by atoms with Crippen LogP contribution < -0.4 is 0 Å². The molecule has 144 valence electrons. The number of hydrogen-bond donors (Lipinski definition) is 0. The Morgan fingerprint density at radius 2 is 1.13 bits per heavy atom. The molecular formula is C29H18N2. The van der Waals surface area contributed by atoms with E-state index in [1.54, 1.807) is 0 Å². The van der Waals surface area contributed by atoms with Crippen molar-refractivity contribution in [1.82, 2.24) is 9.55 Å². The first-order chi connectivity index (χ1) is 15.4. The first kappa shape index (κ1) is 16.6. The molecule has 0 saturated carbocycles. The molecular weight excluding hydrogens is 376 g/mol. The lowest BCUT2D eigenvalue weighted by atomic mass is 9.98. The quantitative estimate of drug-likeness (QED) is 0.297. The van der Waals surface area contributed by atoms with E-state index in [-0.39, 0.29) is 0 Å². The number of hydrogen-bond acceptors (Lipinski definition) is 1. The van der Waals surface area contributed by atoms with Crippen molar-refractivity contribution in [2.75, 3.05) is 0 Å². The highest BCUT2D eigenvalue weighted by molar-refractivity contribution is 6.18. The Kier molecular flexibility index (Phi) is 3.30. The molecule has 0 fully saturated rings. The van der Waals surface area contributed by atoms with Crippen LogP contribution in [0.1, 0.15) is 0 Å². The van der Waals surface area contributed by atoms with Gasteiger partial charge < -0.3 is 0 Å². The molecule has 0 bridgehead atoms. The third-order valence-electron chi connectivity index (χ3n) is 6.36. The lowest BCUT2D eigenvalue weighted by Gasteiger charge is -2.12. The number of imidazole rings is 1. The van der Waals surface area contributed by atoms with Crippen LogP contribution >= 0.6 is 0 Å². The molecule has 6 aromatic rings. The second kappa shape index (κ2) is 6.16. The fourth-order valence-electron chi connectivity index (χ4n) is 5.05. The highest BCUT2D eigenvalue weighted by atomic mass is 15.1. The van der Waals surface area contributed by atoms with Crippen LogP contribution in [0.15, 0.2) is 109 Å². The standard InChI is InChI=1S/C29H18N2/c1-2-9-19(10-3-1)31-27-16-7-6-15-26(27)30-29(31)25-18-17-24-21-12-5-4-11-20(21)22-13-8-14-23(25)28(22)24/h1-18H. The Morgan fingerprint density at radius 1 is 0.484 bits per heavy atom. The highest BCUT2D eigenvalue weighted by Crippen LogP contribution is 2.49. The predicted molar refractivity (Wildman–Crippen MR) is 128 cm³/mol. The van der Waals surface area contributed by atoms with E-state index in [9.17, 15) is 0 Å². The van der Waals surface area contributed by atoms with Crippen LogP contribution in [0.2, 0.25) is 0 Å². The minimum atomic E-state index is 0.979. The maximum atomic E-state index is 5.10. The Bertz CT molecular complexity index is 1590. The molecule has 1 aliphatic carbocycles. The molecule has 0 amide bonds. The summed E-state index contributed by atoms with van der Waals surface area (Å²) in [6, 6.07) is 38.7.